The highest BCUT2D eigenvalue weighted by Gasteiger charge is 2.10. The number of ether oxygens (including phenoxy) is 2. The van der Waals surface area contributed by atoms with Gasteiger partial charge in [0.2, 0.25) is 0 Å². The predicted molar refractivity (Wildman–Crippen MR) is 82.7 cm³/mol. The van der Waals surface area contributed by atoms with E-state index in [9.17, 15) is 4.39 Å². The third-order valence-electron chi connectivity index (χ3n) is 2.89. The number of rotatable bonds is 7. The van der Waals surface area contributed by atoms with Crippen molar-refractivity contribution in [1.82, 2.24) is 0 Å². The van der Waals surface area contributed by atoms with E-state index in [4.69, 9.17) is 26.3 Å². The molecule has 2 aromatic carbocycles. The number of halogens is 2. The third-order valence-corrected chi connectivity index (χ3v) is 3.13. The highest BCUT2D eigenvalue weighted by molar-refractivity contribution is 6.30. The van der Waals surface area contributed by atoms with Gasteiger partial charge in [-0.2, -0.15) is 5.26 Å². The Hall–Kier alpha value is -2.09. The van der Waals surface area contributed by atoms with Crippen molar-refractivity contribution in [2.75, 3.05) is 13.2 Å². The van der Waals surface area contributed by atoms with Crippen LogP contribution in [0, 0.1) is 11.3 Å². The quantitative estimate of drug-likeness (QED) is 0.770. The molecule has 22 heavy (non-hydrogen) atoms. The van der Waals surface area contributed by atoms with Gasteiger partial charge < -0.3 is 9.47 Å². The summed E-state index contributed by atoms with van der Waals surface area (Å²) in [6.45, 7) is 0.112. The van der Waals surface area contributed by atoms with E-state index in [0.717, 1.165) is 5.56 Å². The number of hydrogen-bond donors (Lipinski definition) is 0. The zero-order valence-corrected chi connectivity index (χ0v) is 12.6. The molecule has 0 aliphatic rings. The Morgan fingerprint density at radius 2 is 1.91 bits per heavy atom. The number of benzene rings is 2. The molecule has 5 heteroatoms. The monoisotopic (exact) mass is 319 g/mol. The van der Waals surface area contributed by atoms with Crippen LogP contribution in [0.1, 0.15) is 11.1 Å². The van der Waals surface area contributed by atoms with Crippen LogP contribution < -0.4 is 4.74 Å². The lowest BCUT2D eigenvalue weighted by molar-refractivity contribution is 0.0488. The fourth-order valence-electron chi connectivity index (χ4n) is 1.82. The van der Waals surface area contributed by atoms with E-state index in [1.54, 1.807) is 12.1 Å². The van der Waals surface area contributed by atoms with Gasteiger partial charge in [0.1, 0.15) is 18.4 Å². The van der Waals surface area contributed by atoms with Crippen molar-refractivity contribution in [3.8, 4) is 11.8 Å². The van der Waals surface area contributed by atoms with Crippen molar-refractivity contribution in [1.29, 1.82) is 5.26 Å². The SMILES string of the molecule is N#Cc1cc(Cl)ccc1OC[C@@H](F)COCc1ccccc1. The average Bonchev–Trinajstić information content (AvgIpc) is 2.54. The summed E-state index contributed by atoms with van der Waals surface area (Å²) in [7, 11) is 0. The van der Waals surface area contributed by atoms with Crippen LogP contribution in [-0.2, 0) is 11.3 Å². The second-order valence-electron chi connectivity index (χ2n) is 4.66. The maximum Gasteiger partial charge on any atom is 0.157 e. The lowest BCUT2D eigenvalue weighted by Gasteiger charge is -2.12. The molecule has 0 spiro atoms. The summed E-state index contributed by atoms with van der Waals surface area (Å²) < 4.78 is 24.4. The first-order chi connectivity index (χ1) is 10.7. The van der Waals surface area contributed by atoms with Crippen LogP contribution >= 0.6 is 11.6 Å². The molecule has 3 nitrogen and oxygen atoms in total. The van der Waals surface area contributed by atoms with Crippen molar-refractivity contribution in [2.45, 2.75) is 12.8 Å². The molecule has 0 amide bonds. The summed E-state index contributed by atoms with van der Waals surface area (Å²) >= 11 is 5.78. The largest absolute Gasteiger partial charge is 0.489 e. The molecule has 0 radical (unpaired) electrons. The maximum atomic E-state index is 13.7. The highest BCUT2D eigenvalue weighted by Crippen LogP contribution is 2.22. The van der Waals surface area contributed by atoms with E-state index >= 15 is 0 Å². The van der Waals surface area contributed by atoms with Gasteiger partial charge in [-0.25, -0.2) is 4.39 Å². The minimum absolute atomic E-state index is 0.0651. The Morgan fingerprint density at radius 3 is 2.64 bits per heavy atom. The van der Waals surface area contributed by atoms with Crippen LogP contribution in [0.3, 0.4) is 0 Å². The van der Waals surface area contributed by atoms with Crippen molar-refractivity contribution < 1.29 is 13.9 Å². The molecule has 1 atom stereocenters. The summed E-state index contributed by atoms with van der Waals surface area (Å²) in [5.74, 6) is 0.317. The highest BCUT2D eigenvalue weighted by atomic mass is 35.5. The summed E-state index contributed by atoms with van der Waals surface area (Å²) in [6.07, 6.45) is -1.27. The first-order valence-corrected chi connectivity index (χ1v) is 7.15. The second-order valence-corrected chi connectivity index (χ2v) is 5.10. The molecular formula is C17H15ClFNO2. The summed E-state index contributed by atoms with van der Waals surface area (Å²) in [5.41, 5.74) is 1.27. The molecule has 0 unspecified atom stereocenters. The van der Waals surface area contributed by atoms with Crippen LogP contribution in [0.4, 0.5) is 4.39 Å². The summed E-state index contributed by atoms with van der Waals surface area (Å²) in [5, 5.41) is 9.41. The van der Waals surface area contributed by atoms with Gasteiger partial charge in [-0.1, -0.05) is 41.9 Å². The van der Waals surface area contributed by atoms with Crippen molar-refractivity contribution >= 4 is 11.6 Å². The normalized spacial score (nSPS) is 11.7. The van der Waals surface area contributed by atoms with Crippen molar-refractivity contribution in [3.63, 3.8) is 0 Å². The first kappa shape index (κ1) is 16.3. The van der Waals surface area contributed by atoms with E-state index in [1.165, 1.54) is 6.07 Å². The minimum Gasteiger partial charge on any atom is -0.489 e. The van der Waals surface area contributed by atoms with E-state index < -0.39 is 6.17 Å². The van der Waals surface area contributed by atoms with Gasteiger partial charge in [0.25, 0.3) is 0 Å². The molecule has 114 valence electrons. The van der Waals surface area contributed by atoms with E-state index in [0.29, 0.717) is 17.4 Å². The molecule has 0 N–H and O–H groups in total. The van der Waals surface area contributed by atoms with Crippen molar-refractivity contribution in [3.05, 3.63) is 64.7 Å². The Balaban J connectivity index is 1.76. The smallest absolute Gasteiger partial charge is 0.157 e. The van der Waals surface area contributed by atoms with Crippen LogP contribution in [0.25, 0.3) is 0 Å². The Kier molecular flexibility index (Phi) is 6.20. The van der Waals surface area contributed by atoms with Gasteiger partial charge in [0.15, 0.2) is 6.17 Å². The van der Waals surface area contributed by atoms with Crippen LogP contribution in [-0.4, -0.2) is 19.4 Å². The molecule has 2 aromatic rings. The first-order valence-electron chi connectivity index (χ1n) is 6.77. The molecule has 0 saturated heterocycles. The third kappa shape index (κ3) is 5.03. The zero-order valence-electron chi connectivity index (χ0n) is 11.8. The average molecular weight is 320 g/mol. The molecule has 0 fully saturated rings. The fraction of sp³-hybridized carbons (Fsp3) is 0.235. The van der Waals surface area contributed by atoms with Gasteiger partial charge >= 0.3 is 0 Å². The molecule has 0 aliphatic carbocycles. The molecule has 0 aromatic heterocycles. The molecular weight excluding hydrogens is 305 g/mol. The topological polar surface area (TPSA) is 42.2 Å². The standard InChI is InChI=1S/C17H15ClFNO2/c18-15-6-7-17(14(8-15)9-20)22-12-16(19)11-21-10-13-4-2-1-3-5-13/h1-8,16H,10-12H2/t16-/m0/s1. The van der Waals surface area contributed by atoms with Gasteiger partial charge in [0, 0.05) is 5.02 Å². The molecule has 0 aliphatic heterocycles. The molecule has 2 rings (SSSR count). The lowest BCUT2D eigenvalue weighted by atomic mass is 10.2. The molecule has 0 saturated carbocycles. The molecule has 0 bridgehead atoms. The van der Waals surface area contributed by atoms with Gasteiger partial charge in [-0.3, -0.25) is 0 Å². The van der Waals surface area contributed by atoms with Crippen LogP contribution in [0.15, 0.2) is 48.5 Å². The number of hydrogen-bond acceptors (Lipinski definition) is 3. The Morgan fingerprint density at radius 1 is 1.14 bits per heavy atom. The van der Waals surface area contributed by atoms with Gasteiger partial charge in [-0.05, 0) is 23.8 Å². The van der Waals surface area contributed by atoms with Crippen LogP contribution in [0.5, 0.6) is 5.75 Å². The summed E-state index contributed by atoms with van der Waals surface area (Å²) in [6, 6.07) is 16.1. The number of nitriles is 1. The van der Waals surface area contributed by atoms with E-state index in [-0.39, 0.29) is 18.8 Å². The molecule has 0 heterocycles. The fourth-order valence-corrected chi connectivity index (χ4v) is 1.99. The number of nitrogens with zero attached hydrogens (tertiary/aromatic N) is 1. The maximum absolute atomic E-state index is 13.7. The number of alkyl halides is 1. The van der Waals surface area contributed by atoms with Gasteiger partial charge in [0.05, 0.1) is 18.8 Å². The lowest BCUT2D eigenvalue weighted by Crippen LogP contribution is -2.19. The second kappa shape index (κ2) is 8.38. The van der Waals surface area contributed by atoms with Crippen LogP contribution in [0.2, 0.25) is 5.02 Å². The summed E-state index contributed by atoms with van der Waals surface area (Å²) in [4.78, 5) is 0. The van der Waals surface area contributed by atoms with Gasteiger partial charge in [-0.15, -0.1) is 0 Å². The Bertz CT molecular complexity index is 643. The van der Waals surface area contributed by atoms with E-state index in [1.807, 2.05) is 36.4 Å². The minimum atomic E-state index is -1.27. The van der Waals surface area contributed by atoms with Crippen molar-refractivity contribution in [2.24, 2.45) is 0 Å². The zero-order chi connectivity index (χ0) is 15.8. The van der Waals surface area contributed by atoms with E-state index in [2.05, 4.69) is 0 Å². The predicted octanol–water partition coefficient (Wildman–Crippen LogP) is 4.15. The Labute approximate surface area is 133 Å².